The molecule has 1 aromatic carbocycles. The lowest BCUT2D eigenvalue weighted by Gasteiger charge is -2.10. The van der Waals surface area contributed by atoms with Crippen molar-refractivity contribution in [1.29, 1.82) is 0 Å². The maximum atomic E-state index is 13.7. The highest BCUT2D eigenvalue weighted by Crippen LogP contribution is 2.21. The van der Waals surface area contributed by atoms with Gasteiger partial charge in [0.15, 0.2) is 11.6 Å². The first-order valence-corrected chi connectivity index (χ1v) is 6.23. The molecule has 0 saturated carbocycles. The minimum atomic E-state index is -0.371. The molecule has 0 aliphatic carbocycles. The summed E-state index contributed by atoms with van der Waals surface area (Å²) in [5, 5.41) is 0. The highest BCUT2D eigenvalue weighted by atomic mass is 19.1. The Hall–Kier alpha value is -1.94. The molecular weight excluding hydrogens is 243 g/mol. The summed E-state index contributed by atoms with van der Waals surface area (Å²) < 4.78 is 19.2. The van der Waals surface area contributed by atoms with Crippen molar-refractivity contribution in [1.82, 2.24) is 4.98 Å². The maximum absolute atomic E-state index is 13.7. The van der Waals surface area contributed by atoms with Crippen LogP contribution in [0.2, 0.25) is 0 Å². The molecule has 1 heterocycles. The van der Waals surface area contributed by atoms with Gasteiger partial charge in [0.05, 0.1) is 6.61 Å². The van der Waals surface area contributed by atoms with Crippen LogP contribution in [0.4, 0.5) is 4.39 Å². The molecule has 0 aliphatic heterocycles. The average Bonchev–Trinajstić information content (AvgIpc) is 2.41. The predicted molar refractivity (Wildman–Crippen MR) is 72.4 cm³/mol. The van der Waals surface area contributed by atoms with Gasteiger partial charge in [-0.05, 0) is 42.3 Å². The van der Waals surface area contributed by atoms with Crippen LogP contribution in [-0.2, 0) is 6.42 Å². The van der Waals surface area contributed by atoms with E-state index < -0.39 is 0 Å². The Kier molecular flexibility index (Phi) is 4.47. The van der Waals surface area contributed by atoms with E-state index in [9.17, 15) is 4.39 Å². The van der Waals surface area contributed by atoms with Gasteiger partial charge < -0.3 is 10.5 Å². The van der Waals surface area contributed by atoms with E-state index in [2.05, 4.69) is 4.98 Å². The molecule has 0 radical (unpaired) electrons. The van der Waals surface area contributed by atoms with Crippen LogP contribution in [0.25, 0.3) is 0 Å². The van der Waals surface area contributed by atoms with Crippen LogP contribution in [0, 0.1) is 5.82 Å². The molecule has 0 aliphatic rings. The van der Waals surface area contributed by atoms with Crippen molar-refractivity contribution in [2.24, 2.45) is 5.73 Å². The van der Waals surface area contributed by atoms with E-state index in [1.165, 1.54) is 6.07 Å². The van der Waals surface area contributed by atoms with Gasteiger partial charge in [-0.2, -0.15) is 0 Å². The molecular formula is C15H17FN2O. The number of hydrogen-bond donors (Lipinski definition) is 1. The Morgan fingerprint density at radius 1 is 1.26 bits per heavy atom. The molecule has 1 aromatic heterocycles. The molecule has 1 atom stereocenters. The molecule has 0 bridgehead atoms. The summed E-state index contributed by atoms with van der Waals surface area (Å²) in [6.45, 7) is 2.25. The van der Waals surface area contributed by atoms with Crippen LogP contribution in [-0.4, -0.2) is 11.6 Å². The van der Waals surface area contributed by atoms with E-state index in [0.717, 1.165) is 17.5 Å². The summed E-state index contributed by atoms with van der Waals surface area (Å²) in [5.74, 6) is -0.108. The summed E-state index contributed by atoms with van der Waals surface area (Å²) in [4.78, 5) is 3.94. The Bertz CT molecular complexity index is 529. The van der Waals surface area contributed by atoms with E-state index in [-0.39, 0.29) is 17.6 Å². The smallest absolute Gasteiger partial charge is 0.165 e. The largest absolute Gasteiger partial charge is 0.490 e. The summed E-state index contributed by atoms with van der Waals surface area (Å²) in [6.07, 6.45) is 4.18. The molecule has 1 unspecified atom stereocenters. The first kappa shape index (κ1) is 13.5. The van der Waals surface area contributed by atoms with Crippen molar-refractivity contribution in [3.05, 3.63) is 59.7 Å². The van der Waals surface area contributed by atoms with E-state index in [4.69, 9.17) is 10.5 Å². The second-order valence-corrected chi connectivity index (χ2v) is 4.43. The van der Waals surface area contributed by atoms with Gasteiger partial charge in [0, 0.05) is 24.9 Å². The third-order valence-electron chi connectivity index (χ3n) is 2.88. The van der Waals surface area contributed by atoms with Crippen molar-refractivity contribution in [3.63, 3.8) is 0 Å². The summed E-state index contributed by atoms with van der Waals surface area (Å²) in [5.41, 5.74) is 7.57. The van der Waals surface area contributed by atoms with Crippen molar-refractivity contribution in [2.75, 3.05) is 6.61 Å². The Balaban J connectivity index is 1.93. The molecule has 100 valence electrons. The lowest BCUT2D eigenvalue weighted by Crippen LogP contribution is -2.07. The van der Waals surface area contributed by atoms with Gasteiger partial charge in [0.2, 0.25) is 0 Å². The van der Waals surface area contributed by atoms with Crippen LogP contribution in [0.1, 0.15) is 24.1 Å². The molecule has 0 fully saturated rings. The fraction of sp³-hybridized carbons (Fsp3) is 0.267. The van der Waals surface area contributed by atoms with Gasteiger partial charge in [-0.15, -0.1) is 0 Å². The number of nitrogens with zero attached hydrogens (tertiary/aromatic N) is 1. The number of aromatic nitrogens is 1. The highest BCUT2D eigenvalue weighted by Gasteiger charge is 2.07. The predicted octanol–water partition coefficient (Wildman–Crippen LogP) is 2.86. The third kappa shape index (κ3) is 3.76. The normalized spacial score (nSPS) is 12.2. The molecule has 2 aromatic rings. The monoisotopic (exact) mass is 260 g/mol. The number of pyridine rings is 1. The number of halogens is 1. The number of hydrogen-bond acceptors (Lipinski definition) is 3. The summed E-state index contributed by atoms with van der Waals surface area (Å²) in [7, 11) is 0. The Labute approximate surface area is 112 Å². The fourth-order valence-corrected chi connectivity index (χ4v) is 1.75. The molecule has 2 rings (SSSR count). The topological polar surface area (TPSA) is 48.1 Å². The van der Waals surface area contributed by atoms with E-state index in [1.807, 2.05) is 19.1 Å². The van der Waals surface area contributed by atoms with E-state index in [1.54, 1.807) is 24.5 Å². The van der Waals surface area contributed by atoms with Crippen molar-refractivity contribution >= 4 is 0 Å². The lowest BCUT2D eigenvalue weighted by atomic mass is 10.1. The van der Waals surface area contributed by atoms with E-state index in [0.29, 0.717) is 6.61 Å². The molecule has 4 heteroatoms. The third-order valence-corrected chi connectivity index (χ3v) is 2.88. The SMILES string of the molecule is CC(N)c1ccc(OCCc2ccncc2)c(F)c1. The van der Waals surface area contributed by atoms with Gasteiger partial charge in [-0.25, -0.2) is 4.39 Å². The highest BCUT2D eigenvalue weighted by molar-refractivity contribution is 5.30. The Morgan fingerprint density at radius 3 is 2.63 bits per heavy atom. The molecule has 19 heavy (non-hydrogen) atoms. The number of nitrogens with two attached hydrogens (primary N) is 1. The van der Waals surface area contributed by atoms with Crippen LogP contribution >= 0.6 is 0 Å². The van der Waals surface area contributed by atoms with Crippen molar-refractivity contribution in [3.8, 4) is 5.75 Å². The van der Waals surface area contributed by atoms with Gasteiger partial charge in [-0.3, -0.25) is 4.98 Å². The van der Waals surface area contributed by atoms with Gasteiger partial charge >= 0.3 is 0 Å². The second kappa shape index (κ2) is 6.29. The second-order valence-electron chi connectivity index (χ2n) is 4.43. The van der Waals surface area contributed by atoms with Crippen LogP contribution in [0.5, 0.6) is 5.75 Å². The zero-order valence-electron chi connectivity index (χ0n) is 10.8. The number of ether oxygens (including phenoxy) is 1. The summed E-state index contributed by atoms with van der Waals surface area (Å²) in [6, 6.07) is 8.49. The lowest BCUT2D eigenvalue weighted by molar-refractivity contribution is 0.305. The van der Waals surface area contributed by atoms with E-state index >= 15 is 0 Å². The molecule has 0 spiro atoms. The standard InChI is InChI=1S/C15H17FN2O/c1-11(17)13-2-3-15(14(16)10-13)19-9-6-12-4-7-18-8-5-12/h2-5,7-8,10-11H,6,9,17H2,1H3. The first-order valence-electron chi connectivity index (χ1n) is 6.23. The minimum absolute atomic E-state index is 0.180. The zero-order valence-corrected chi connectivity index (χ0v) is 10.8. The minimum Gasteiger partial charge on any atom is -0.490 e. The zero-order chi connectivity index (χ0) is 13.7. The number of rotatable bonds is 5. The van der Waals surface area contributed by atoms with Crippen LogP contribution in [0.15, 0.2) is 42.7 Å². The maximum Gasteiger partial charge on any atom is 0.165 e. The van der Waals surface area contributed by atoms with Crippen molar-refractivity contribution in [2.45, 2.75) is 19.4 Å². The molecule has 0 saturated heterocycles. The van der Waals surface area contributed by atoms with Gasteiger partial charge in [0.25, 0.3) is 0 Å². The average molecular weight is 260 g/mol. The fourth-order valence-electron chi connectivity index (χ4n) is 1.75. The van der Waals surface area contributed by atoms with Gasteiger partial charge in [0.1, 0.15) is 0 Å². The summed E-state index contributed by atoms with van der Waals surface area (Å²) >= 11 is 0. The molecule has 0 amide bonds. The molecule has 3 nitrogen and oxygen atoms in total. The quantitative estimate of drug-likeness (QED) is 0.899. The molecule has 2 N–H and O–H groups in total. The van der Waals surface area contributed by atoms with Crippen molar-refractivity contribution < 1.29 is 9.13 Å². The van der Waals surface area contributed by atoms with Crippen LogP contribution in [0.3, 0.4) is 0 Å². The Morgan fingerprint density at radius 2 is 2.00 bits per heavy atom. The van der Waals surface area contributed by atoms with Crippen LogP contribution < -0.4 is 10.5 Å². The van der Waals surface area contributed by atoms with Gasteiger partial charge in [-0.1, -0.05) is 6.07 Å². The number of benzene rings is 1. The first-order chi connectivity index (χ1) is 9.16.